The van der Waals surface area contributed by atoms with Crippen LogP contribution in [0.3, 0.4) is 0 Å². The summed E-state index contributed by atoms with van der Waals surface area (Å²) in [6, 6.07) is 0. The fourth-order valence-corrected chi connectivity index (χ4v) is 2.46. The third-order valence-electron chi connectivity index (χ3n) is 1.54. The van der Waals surface area contributed by atoms with Gasteiger partial charge in [0, 0.05) is 36.6 Å². The molecule has 0 aliphatic heterocycles. The van der Waals surface area contributed by atoms with Crippen LogP contribution < -0.4 is 10.6 Å². The third kappa shape index (κ3) is 11.3. The highest BCUT2D eigenvalue weighted by molar-refractivity contribution is 8.32. The molecule has 0 amide bonds. The molecular weight excluding hydrogens is 340 g/mol. The second-order valence-corrected chi connectivity index (χ2v) is 6.22. The van der Waals surface area contributed by atoms with Crippen molar-refractivity contribution in [3.8, 4) is 0 Å². The minimum absolute atomic E-state index is 0.315. The highest BCUT2D eigenvalue weighted by Crippen LogP contribution is 2.07. The summed E-state index contributed by atoms with van der Waals surface area (Å²) in [6.45, 7) is 5.01. The lowest BCUT2D eigenvalue weighted by Gasteiger charge is -2.09. The topological polar surface area (TPSA) is 76.7 Å². The Hall–Kier alpha value is -0.580. The molecule has 0 rings (SSSR count). The van der Waals surface area contributed by atoms with Gasteiger partial charge in [-0.2, -0.15) is 0 Å². The summed E-state index contributed by atoms with van der Waals surface area (Å²) >= 11 is 11.5. The van der Waals surface area contributed by atoms with Crippen molar-refractivity contribution in [3.05, 3.63) is 0 Å². The van der Waals surface area contributed by atoms with Crippen LogP contribution in [-0.2, 0) is 9.47 Å². The van der Waals surface area contributed by atoms with Gasteiger partial charge in [0.2, 0.25) is 0 Å². The molecule has 20 heavy (non-hydrogen) atoms. The number of hydrogen-bond acceptors (Lipinski definition) is 8. The molecule has 0 aromatic heterocycles. The molecule has 0 fully saturated rings. The lowest BCUT2D eigenvalue weighted by molar-refractivity contribution is 0.181. The second-order valence-electron chi connectivity index (χ2n) is 3.00. The molecule has 0 heterocycles. The minimum Gasteiger partial charge on any atom is -0.458 e. The number of carbonyl (C=O) groups excluding carboxylic acids is 2. The van der Waals surface area contributed by atoms with Gasteiger partial charge in [-0.05, 0) is 13.8 Å². The van der Waals surface area contributed by atoms with Crippen LogP contribution in [0.2, 0.25) is 0 Å². The molecule has 114 valence electrons. The standard InChI is InChI=1S/C10H16N2O4S4/c1-3-15-9(13)19-7(17)11-5-6-12-8(18)20-10(14)16-4-2/h3-6H2,1-2H3,(H,11,17)(H,12,18). The Balaban J connectivity index is 3.65. The number of thioether (sulfide) groups is 2. The van der Waals surface area contributed by atoms with E-state index >= 15 is 0 Å². The van der Waals surface area contributed by atoms with E-state index < -0.39 is 10.6 Å². The van der Waals surface area contributed by atoms with E-state index in [2.05, 4.69) is 10.6 Å². The highest BCUT2D eigenvalue weighted by Gasteiger charge is 2.08. The quantitative estimate of drug-likeness (QED) is 0.436. The molecule has 0 saturated heterocycles. The molecule has 0 saturated carbocycles. The maximum absolute atomic E-state index is 11.1. The maximum atomic E-state index is 11.1. The Bertz CT molecular complexity index is 331. The zero-order valence-corrected chi connectivity index (χ0v) is 14.4. The van der Waals surface area contributed by atoms with E-state index in [1.807, 2.05) is 0 Å². The minimum atomic E-state index is -0.439. The summed E-state index contributed by atoms with van der Waals surface area (Å²) in [6.07, 6.45) is 0. The Morgan fingerprint density at radius 3 is 1.55 bits per heavy atom. The van der Waals surface area contributed by atoms with Crippen LogP contribution >= 0.6 is 48.0 Å². The maximum Gasteiger partial charge on any atom is 0.374 e. The predicted molar refractivity (Wildman–Crippen MR) is 90.4 cm³/mol. The Morgan fingerprint density at radius 1 is 0.900 bits per heavy atom. The zero-order valence-electron chi connectivity index (χ0n) is 11.1. The van der Waals surface area contributed by atoms with Crippen LogP contribution in [0.15, 0.2) is 0 Å². The second kappa shape index (κ2) is 12.2. The van der Waals surface area contributed by atoms with Gasteiger partial charge in [-0.25, -0.2) is 9.59 Å². The summed E-state index contributed by atoms with van der Waals surface area (Å²) in [4.78, 5) is 22.2. The van der Waals surface area contributed by atoms with Gasteiger partial charge in [-0.3, -0.25) is 0 Å². The van der Waals surface area contributed by atoms with Gasteiger partial charge in [-0.15, -0.1) is 0 Å². The Kier molecular flexibility index (Phi) is 11.8. The van der Waals surface area contributed by atoms with Gasteiger partial charge in [0.25, 0.3) is 0 Å². The first-order valence-corrected chi connectivity index (χ1v) is 8.19. The molecule has 0 radical (unpaired) electrons. The number of carbonyl (C=O) groups is 2. The van der Waals surface area contributed by atoms with Crippen LogP contribution in [0.5, 0.6) is 0 Å². The monoisotopic (exact) mass is 356 g/mol. The van der Waals surface area contributed by atoms with Gasteiger partial charge in [-0.1, -0.05) is 24.4 Å². The van der Waals surface area contributed by atoms with Crippen molar-refractivity contribution in [2.24, 2.45) is 0 Å². The van der Waals surface area contributed by atoms with E-state index in [9.17, 15) is 9.59 Å². The molecule has 0 aromatic rings. The van der Waals surface area contributed by atoms with Crippen LogP contribution in [-0.4, -0.2) is 45.5 Å². The van der Waals surface area contributed by atoms with E-state index in [1.54, 1.807) is 13.8 Å². The van der Waals surface area contributed by atoms with Gasteiger partial charge in [0.05, 0.1) is 13.2 Å². The Morgan fingerprint density at radius 2 is 1.25 bits per heavy atom. The number of hydrogen-bond donors (Lipinski definition) is 2. The van der Waals surface area contributed by atoms with Crippen LogP contribution in [0.4, 0.5) is 9.59 Å². The summed E-state index contributed by atoms with van der Waals surface area (Å²) in [7, 11) is 0. The van der Waals surface area contributed by atoms with E-state index in [-0.39, 0.29) is 0 Å². The Labute approximate surface area is 137 Å². The van der Waals surface area contributed by atoms with Crippen LogP contribution in [0.25, 0.3) is 0 Å². The highest BCUT2D eigenvalue weighted by atomic mass is 32.2. The van der Waals surface area contributed by atoms with E-state index in [0.717, 1.165) is 23.5 Å². The first-order chi connectivity index (χ1) is 9.49. The van der Waals surface area contributed by atoms with Crippen molar-refractivity contribution in [2.45, 2.75) is 13.8 Å². The van der Waals surface area contributed by atoms with Crippen LogP contribution in [0.1, 0.15) is 13.8 Å². The normalized spacial score (nSPS) is 9.50. The van der Waals surface area contributed by atoms with Gasteiger partial charge in [0.1, 0.15) is 8.64 Å². The first-order valence-electron chi connectivity index (χ1n) is 5.74. The number of rotatable bonds is 5. The van der Waals surface area contributed by atoms with Gasteiger partial charge >= 0.3 is 10.6 Å². The summed E-state index contributed by atoms with van der Waals surface area (Å²) < 4.78 is 10.1. The number of thiocarbonyl (C=S) groups is 2. The average molecular weight is 357 g/mol. The fraction of sp³-hybridized carbons (Fsp3) is 0.600. The average Bonchev–Trinajstić information content (AvgIpc) is 2.35. The van der Waals surface area contributed by atoms with E-state index in [1.165, 1.54) is 0 Å². The van der Waals surface area contributed by atoms with Gasteiger partial charge in [0.15, 0.2) is 0 Å². The molecule has 0 bridgehead atoms. The third-order valence-corrected chi connectivity index (χ3v) is 3.56. The molecule has 0 aliphatic rings. The predicted octanol–water partition coefficient (Wildman–Crippen LogP) is 2.51. The number of nitrogens with one attached hydrogen (secondary N) is 2. The molecule has 0 spiro atoms. The molecule has 0 unspecified atom stereocenters. The van der Waals surface area contributed by atoms with E-state index in [0.29, 0.717) is 34.9 Å². The molecular formula is C10H16N2O4S4. The fourth-order valence-electron chi connectivity index (χ4n) is 0.847. The van der Waals surface area contributed by atoms with E-state index in [4.69, 9.17) is 33.9 Å². The van der Waals surface area contributed by atoms with Gasteiger partial charge < -0.3 is 20.1 Å². The number of ether oxygens (including phenoxy) is 2. The molecule has 0 aliphatic carbocycles. The lowest BCUT2D eigenvalue weighted by Crippen LogP contribution is -2.32. The van der Waals surface area contributed by atoms with Crippen molar-refractivity contribution in [2.75, 3.05) is 26.3 Å². The van der Waals surface area contributed by atoms with Crippen LogP contribution in [0, 0.1) is 0 Å². The smallest absolute Gasteiger partial charge is 0.374 e. The van der Waals surface area contributed by atoms with Crippen molar-refractivity contribution in [1.29, 1.82) is 0 Å². The first kappa shape index (κ1) is 19.4. The SMILES string of the molecule is CCOC(=O)SC(=S)NCCNC(=S)SC(=O)OCC. The molecule has 0 atom stereocenters. The molecule has 2 N–H and O–H groups in total. The summed E-state index contributed by atoms with van der Waals surface area (Å²) in [5.41, 5.74) is 0. The van der Waals surface area contributed by atoms with Crippen molar-refractivity contribution in [1.82, 2.24) is 10.6 Å². The largest absolute Gasteiger partial charge is 0.458 e. The molecule has 10 heteroatoms. The summed E-state index contributed by atoms with van der Waals surface area (Å²) in [5.74, 6) is 0. The summed E-state index contributed by atoms with van der Waals surface area (Å²) in [5, 5.41) is 4.83. The molecule has 0 aromatic carbocycles. The van der Waals surface area contributed by atoms with Crippen molar-refractivity contribution < 1.29 is 19.1 Å². The van der Waals surface area contributed by atoms with Crippen molar-refractivity contribution >= 4 is 67.2 Å². The molecule has 6 nitrogen and oxygen atoms in total. The zero-order chi connectivity index (χ0) is 15.4. The lowest BCUT2D eigenvalue weighted by atomic mass is 10.6. The van der Waals surface area contributed by atoms with Crippen molar-refractivity contribution in [3.63, 3.8) is 0 Å².